The summed E-state index contributed by atoms with van der Waals surface area (Å²) in [7, 11) is 0.220. The lowest BCUT2D eigenvalue weighted by molar-refractivity contribution is -0.0893. The van der Waals surface area contributed by atoms with E-state index in [9.17, 15) is 13.9 Å². The summed E-state index contributed by atoms with van der Waals surface area (Å²) >= 11 is 0. The van der Waals surface area contributed by atoms with Crippen LogP contribution >= 0.6 is 0 Å². The molecule has 1 N–H and O–H groups in total. The van der Waals surface area contributed by atoms with Crippen molar-refractivity contribution >= 4 is 12.9 Å². The Morgan fingerprint density at radius 1 is 1.30 bits per heavy atom. The van der Waals surface area contributed by atoms with Gasteiger partial charge in [-0.05, 0) is 40.1 Å². The standard InChI is InChI=1S/C13H23BF2N2O2/c1-9-10(7-17-18(9)8-13(6,15)16)14-20-12(4,5)11(2,3)19/h7,14,19H,8H2,1-6H3. The van der Waals surface area contributed by atoms with Crippen molar-refractivity contribution in [3.05, 3.63) is 11.9 Å². The lowest BCUT2D eigenvalue weighted by Crippen LogP contribution is -2.49. The molecule has 0 saturated carbocycles. The van der Waals surface area contributed by atoms with E-state index in [2.05, 4.69) is 5.10 Å². The number of hydrogen-bond acceptors (Lipinski definition) is 3. The van der Waals surface area contributed by atoms with Gasteiger partial charge in [0.1, 0.15) is 6.54 Å². The minimum atomic E-state index is -2.80. The van der Waals surface area contributed by atoms with Crippen molar-refractivity contribution < 1.29 is 18.5 Å². The number of hydrogen-bond donors (Lipinski definition) is 1. The third-order valence-electron chi connectivity index (χ3n) is 3.69. The highest BCUT2D eigenvalue weighted by atomic mass is 19.3. The predicted molar refractivity (Wildman–Crippen MR) is 75.8 cm³/mol. The van der Waals surface area contributed by atoms with E-state index in [-0.39, 0.29) is 7.48 Å². The van der Waals surface area contributed by atoms with Crippen LogP contribution in [0.1, 0.15) is 40.3 Å². The van der Waals surface area contributed by atoms with E-state index in [0.717, 1.165) is 12.4 Å². The maximum absolute atomic E-state index is 13.0. The van der Waals surface area contributed by atoms with Gasteiger partial charge in [0.25, 0.3) is 5.92 Å². The molecule has 0 spiro atoms. The number of alkyl halides is 2. The van der Waals surface area contributed by atoms with Gasteiger partial charge in [0.05, 0.1) is 11.2 Å². The van der Waals surface area contributed by atoms with Gasteiger partial charge in [0, 0.05) is 18.8 Å². The monoisotopic (exact) mass is 288 g/mol. The van der Waals surface area contributed by atoms with E-state index in [1.54, 1.807) is 34.6 Å². The summed E-state index contributed by atoms with van der Waals surface area (Å²) in [5.41, 5.74) is -0.367. The van der Waals surface area contributed by atoms with Gasteiger partial charge in [-0.15, -0.1) is 0 Å². The van der Waals surface area contributed by atoms with Crippen LogP contribution in [0.15, 0.2) is 6.20 Å². The molecule has 1 aromatic rings. The first-order chi connectivity index (χ1) is 8.83. The Hall–Kier alpha value is -0.945. The van der Waals surface area contributed by atoms with Crippen LogP contribution in [0.3, 0.4) is 0 Å². The Bertz CT molecular complexity index is 462. The molecule has 7 heteroatoms. The highest BCUT2D eigenvalue weighted by molar-refractivity contribution is 6.47. The molecule has 0 amide bonds. The largest absolute Gasteiger partial charge is 0.427 e. The molecule has 1 aromatic heterocycles. The fraction of sp³-hybridized carbons (Fsp3) is 0.769. The van der Waals surface area contributed by atoms with Gasteiger partial charge in [0.2, 0.25) is 0 Å². The van der Waals surface area contributed by atoms with E-state index in [1.807, 2.05) is 0 Å². The lowest BCUT2D eigenvalue weighted by atomic mass is 9.83. The number of aromatic nitrogens is 2. The van der Waals surface area contributed by atoms with Crippen LogP contribution in [0, 0.1) is 6.92 Å². The zero-order valence-corrected chi connectivity index (χ0v) is 13.0. The molecule has 0 atom stereocenters. The molecule has 20 heavy (non-hydrogen) atoms. The number of halogens is 2. The fourth-order valence-electron chi connectivity index (χ4n) is 1.48. The van der Waals surface area contributed by atoms with Crippen molar-refractivity contribution in [3.8, 4) is 0 Å². The third-order valence-corrected chi connectivity index (χ3v) is 3.69. The minimum absolute atomic E-state index is 0.220. The maximum atomic E-state index is 13.0. The Morgan fingerprint density at radius 3 is 2.30 bits per heavy atom. The Kier molecular flexibility index (Phi) is 4.66. The molecule has 0 fully saturated rings. The fourth-order valence-corrected chi connectivity index (χ4v) is 1.48. The maximum Gasteiger partial charge on any atom is 0.312 e. The summed E-state index contributed by atoms with van der Waals surface area (Å²) in [4.78, 5) is 0. The SMILES string of the molecule is Cc1c(BOC(C)(C)C(C)(C)O)cnn1CC(C)(F)F. The number of nitrogens with zero attached hydrogens (tertiary/aromatic N) is 2. The molecular formula is C13H23BF2N2O2. The van der Waals surface area contributed by atoms with Crippen LogP contribution in [0.2, 0.25) is 0 Å². The van der Waals surface area contributed by atoms with E-state index >= 15 is 0 Å². The van der Waals surface area contributed by atoms with Crippen molar-refractivity contribution in [3.63, 3.8) is 0 Å². The van der Waals surface area contributed by atoms with Gasteiger partial charge < -0.3 is 9.76 Å². The Morgan fingerprint density at radius 2 is 1.85 bits per heavy atom. The van der Waals surface area contributed by atoms with Crippen LogP contribution in [0.4, 0.5) is 8.78 Å². The summed E-state index contributed by atoms with van der Waals surface area (Å²) in [5.74, 6) is -2.80. The predicted octanol–water partition coefficient (Wildman–Crippen LogP) is 1.39. The molecule has 0 saturated heterocycles. The molecule has 4 nitrogen and oxygen atoms in total. The molecule has 0 radical (unpaired) electrons. The van der Waals surface area contributed by atoms with Crippen LogP contribution < -0.4 is 5.46 Å². The molecule has 0 aromatic carbocycles. The van der Waals surface area contributed by atoms with Crippen molar-refractivity contribution in [1.29, 1.82) is 0 Å². The summed E-state index contributed by atoms with van der Waals surface area (Å²) in [6.45, 7) is 9.05. The van der Waals surface area contributed by atoms with E-state index in [1.165, 1.54) is 10.9 Å². The van der Waals surface area contributed by atoms with Gasteiger partial charge >= 0.3 is 7.48 Å². The zero-order valence-electron chi connectivity index (χ0n) is 13.0. The topological polar surface area (TPSA) is 47.3 Å². The van der Waals surface area contributed by atoms with E-state index in [0.29, 0.717) is 5.69 Å². The van der Waals surface area contributed by atoms with Gasteiger partial charge in [-0.3, -0.25) is 4.68 Å². The Labute approximate surface area is 119 Å². The molecule has 0 aliphatic carbocycles. The molecule has 0 bridgehead atoms. The van der Waals surface area contributed by atoms with Crippen molar-refractivity contribution in [2.75, 3.05) is 0 Å². The van der Waals surface area contributed by atoms with Crippen LogP contribution in [-0.2, 0) is 11.2 Å². The highest BCUT2D eigenvalue weighted by Crippen LogP contribution is 2.24. The molecule has 114 valence electrons. The summed E-state index contributed by atoms with van der Waals surface area (Å²) < 4.78 is 33.0. The van der Waals surface area contributed by atoms with Gasteiger partial charge in [-0.2, -0.15) is 5.10 Å². The zero-order chi connectivity index (χ0) is 15.8. The normalized spacial score (nSPS) is 13.7. The first-order valence-electron chi connectivity index (χ1n) is 6.59. The lowest BCUT2D eigenvalue weighted by Gasteiger charge is -2.37. The molecular weight excluding hydrogens is 265 g/mol. The van der Waals surface area contributed by atoms with Crippen LogP contribution in [-0.4, -0.2) is 39.5 Å². The number of aliphatic hydroxyl groups is 1. The van der Waals surface area contributed by atoms with E-state index in [4.69, 9.17) is 4.65 Å². The van der Waals surface area contributed by atoms with Gasteiger partial charge in [-0.1, -0.05) is 0 Å². The smallest absolute Gasteiger partial charge is 0.312 e. The van der Waals surface area contributed by atoms with Crippen molar-refractivity contribution in [1.82, 2.24) is 9.78 Å². The molecule has 0 unspecified atom stereocenters. The minimum Gasteiger partial charge on any atom is -0.427 e. The Balaban J connectivity index is 2.76. The van der Waals surface area contributed by atoms with Crippen LogP contribution in [0.5, 0.6) is 0 Å². The second-order valence-electron chi connectivity index (χ2n) is 6.34. The third kappa shape index (κ3) is 4.28. The molecule has 0 aliphatic rings. The van der Waals surface area contributed by atoms with Crippen molar-refractivity contribution in [2.45, 2.75) is 65.2 Å². The van der Waals surface area contributed by atoms with E-state index < -0.39 is 23.7 Å². The first-order valence-corrected chi connectivity index (χ1v) is 6.59. The average molecular weight is 288 g/mol. The molecule has 0 aliphatic heterocycles. The van der Waals surface area contributed by atoms with Gasteiger partial charge in [-0.25, -0.2) is 8.78 Å². The quantitative estimate of drug-likeness (QED) is 0.805. The molecule has 1 heterocycles. The first kappa shape index (κ1) is 17.1. The second-order valence-corrected chi connectivity index (χ2v) is 6.34. The number of rotatable bonds is 6. The van der Waals surface area contributed by atoms with Crippen LogP contribution in [0.25, 0.3) is 0 Å². The summed E-state index contributed by atoms with van der Waals surface area (Å²) in [6.07, 6.45) is 1.53. The summed E-state index contributed by atoms with van der Waals surface area (Å²) in [6, 6.07) is 0. The van der Waals surface area contributed by atoms with Crippen molar-refractivity contribution in [2.24, 2.45) is 0 Å². The van der Waals surface area contributed by atoms with Gasteiger partial charge in [0.15, 0.2) is 0 Å². The molecule has 1 rings (SSSR count). The summed E-state index contributed by atoms with van der Waals surface area (Å²) in [5, 5.41) is 14.0. The second kappa shape index (κ2) is 5.45. The average Bonchev–Trinajstić information content (AvgIpc) is 2.54. The highest BCUT2D eigenvalue weighted by Gasteiger charge is 2.36.